The number of nitrogens with one attached hydrogen (secondary N) is 2. The number of morpholine rings is 1. The fourth-order valence-corrected chi connectivity index (χ4v) is 4.46. The summed E-state index contributed by atoms with van der Waals surface area (Å²) >= 11 is 1.38. The zero-order chi connectivity index (χ0) is 21.8. The van der Waals surface area contributed by atoms with Crippen LogP contribution in [0.4, 0.5) is 5.95 Å². The number of ether oxygens (including phenoxy) is 1. The molecule has 0 radical (unpaired) electrons. The van der Waals surface area contributed by atoms with Crippen LogP contribution in [0.5, 0.6) is 0 Å². The van der Waals surface area contributed by atoms with Crippen molar-refractivity contribution in [2.24, 2.45) is 0 Å². The van der Waals surface area contributed by atoms with Gasteiger partial charge >= 0.3 is 0 Å². The molecule has 2 N–H and O–H groups in total. The number of amides is 1. The van der Waals surface area contributed by atoms with Crippen LogP contribution in [0.15, 0.2) is 41.2 Å². The predicted octanol–water partition coefficient (Wildman–Crippen LogP) is 2.39. The lowest BCUT2D eigenvalue weighted by atomic mass is 10.0. The number of H-pyrrole nitrogens is 1. The van der Waals surface area contributed by atoms with Crippen LogP contribution in [-0.2, 0) is 11.2 Å². The number of carbonyl (C=O) groups is 1. The van der Waals surface area contributed by atoms with Crippen molar-refractivity contribution in [1.29, 1.82) is 0 Å². The van der Waals surface area contributed by atoms with Gasteiger partial charge in [-0.25, -0.2) is 9.97 Å². The number of carbonyl (C=O) groups excluding carboxylic acids is 1. The van der Waals surface area contributed by atoms with E-state index in [-0.39, 0.29) is 17.5 Å². The Kier molecular flexibility index (Phi) is 6.43. The van der Waals surface area contributed by atoms with Gasteiger partial charge in [-0.2, -0.15) is 0 Å². The number of thiazole rings is 1. The third kappa shape index (κ3) is 5.18. The van der Waals surface area contributed by atoms with Gasteiger partial charge in [0.05, 0.1) is 35.7 Å². The summed E-state index contributed by atoms with van der Waals surface area (Å²) < 4.78 is 5.39. The molecule has 162 valence electrons. The van der Waals surface area contributed by atoms with Crippen molar-refractivity contribution in [3.05, 3.63) is 73.6 Å². The monoisotopic (exact) mass is 439 g/mol. The van der Waals surface area contributed by atoms with Crippen molar-refractivity contribution in [2.75, 3.05) is 31.2 Å². The van der Waals surface area contributed by atoms with Gasteiger partial charge in [0, 0.05) is 25.6 Å². The molecule has 0 aliphatic carbocycles. The zero-order valence-corrected chi connectivity index (χ0v) is 18.4. The average molecular weight is 440 g/mol. The summed E-state index contributed by atoms with van der Waals surface area (Å²) in [6.45, 7) is 6.28. The first-order valence-electron chi connectivity index (χ1n) is 10.2. The Labute approximate surface area is 184 Å². The summed E-state index contributed by atoms with van der Waals surface area (Å²) in [4.78, 5) is 39.8. The van der Waals surface area contributed by atoms with Crippen molar-refractivity contribution in [2.45, 2.75) is 26.3 Å². The third-order valence-electron chi connectivity index (χ3n) is 5.12. The number of benzene rings is 1. The van der Waals surface area contributed by atoms with Gasteiger partial charge in [0.25, 0.3) is 11.5 Å². The van der Waals surface area contributed by atoms with Crippen molar-refractivity contribution in [3.63, 3.8) is 0 Å². The number of aromatic nitrogens is 3. The number of aromatic amines is 1. The number of anilines is 1. The minimum atomic E-state index is -0.331. The highest BCUT2D eigenvalue weighted by molar-refractivity contribution is 7.13. The van der Waals surface area contributed by atoms with E-state index < -0.39 is 0 Å². The van der Waals surface area contributed by atoms with E-state index in [1.54, 1.807) is 0 Å². The molecule has 8 nitrogen and oxygen atoms in total. The van der Waals surface area contributed by atoms with Crippen molar-refractivity contribution >= 4 is 23.2 Å². The molecule has 1 amide bonds. The quantitative estimate of drug-likeness (QED) is 0.612. The Bertz CT molecular complexity index is 1110. The summed E-state index contributed by atoms with van der Waals surface area (Å²) in [6, 6.07) is 10.9. The predicted molar refractivity (Wildman–Crippen MR) is 120 cm³/mol. The third-order valence-corrected chi connectivity index (χ3v) is 6.19. The molecule has 1 saturated heterocycles. The molecule has 2 aromatic heterocycles. The Morgan fingerprint density at radius 3 is 2.65 bits per heavy atom. The second-order valence-electron chi connectivity index (χ2n) is 7.45. The molecule has 9 heteroatoms. The van der Waals surface area contributed by atoms with E-state index in [1.807, 2.05) is 49.1 Å². The summed E-state index contributed by atoms with van der Waals surface area (Å²) in [6.07, 6.45) is 0.397. The molecule has 3 aromatic rings. The second kappa shape index (κ2) is 9.40. The van der Waals surface area contributed by atoms with E-state index in [0.717, 1.165) is 16.3 Å². The maximum absolute atomic E-state index is 13.0. The molecule has 1 aliphatic rings. The van der Waals surface area contributed by atoms with E-state index in [4.69, 9.17) is 4.74 Å². The molecule has 0 spiro atoms. The van der Waals surface area contributed by atoms with E-state index in [0.29, 0.717) is 49.2 Å². The van der Waals surface area contributed by atoms with Gasteiger partial charge in [0.15, 0.2) is 0 Å². The SMILES string of the molecule is Cc1nc(C)c(C(=O)N[C@@H](Cc2cc(=O)[nH]c(N3CCOCC3)n2)c2ccccc2)s1. The summed E-state index contributed by atoms with van der Waals surface area (Å²) in [7, 11) is 0. The number of nitrogens with zero attached hydrogens (tertiary/aromatic N) is 3. The lowest BCUT2D eigenvalue weighted by molar-refractivity contribution is 0.0939. The Morgan fingerprint density at radius 2 is 1.97 bits per heavy atom. The Morgan fingerprint density at radius 1 is 1.23 bits per heavy atom. The first-order chi connectivity index (χ1) is 15.0. The second-order valence-corrected chi connectivity index (χ2v) is 8.65. The molecule has 0 bridgehead atoms. The lowest BCUT2D eigenvalue weighted by Gasteiger charge is -2.27. The van der Waals surface area contributed by atoms with Crippen LogP contribution in [0.2, 0.25) is 0 Å². The molecule has 3 heterocycles. The van der Waals surface area contributed by atoms with Gasteiger partial charge in [-0.15, -0.1) is 11.3 Å². The smallest absolute Gasteiger partial charge is 0.263 e. The van der Waals surface area contributed by atoms with Gasteiger partial charge in [-0.3, -0.25) is 14.6 Å². The van der Waals surface area contributed by atoms with Gasteiger partial charge in [0.2, 0.25) is 5.95 Å². The highest BCUT2D eigenvalue weighted by Crippen LogP contribution is 2.22. The maximum Gasteiger partial charge on any atom is 0.263 e. The summed E-state index contributed by atoms with van der Waals surface area (Å²) in [5, 5.41) is 3.97. The normalized spacial score (nSPS) is 15.0. The first kappa shape index (κ1) is 21.2. The Balaban J connectivity index is 1.61. The standard InChI is InChI=1S/C22H25N5O3S/c1-14-20(31-15(2)23-14)21(29)25-18(16-6-4-3-5-7-16)12-17-13-19(28)26-22(24-17)27-8-10-30-11-9-27/h3-7,13,18H,8-12H2,1-2H3,(H,25,29)(H,24,26,28)/t18-/m0/s1. The molecule has 1 atom stereocenters. The minimum absolute atomic E-state index is 0.171. The number of hydrogen-bond acceptors (Lipinski definition) is 7. The maximum atomic E-state index is 13.0. The van der Waals surface area contributed by atoms with Gasteiger partial charge < -0.3 is 15.0 Å². The zero-order valence-electron chi connectivity index (χ0n) is 17.6. The number of aryl methyl sites for hydroxylation is 2. The highest BCUT2D eigenvalue weighted by Gasteiger charge is 2.21. The van der Waals surface area contributed by atoms with Crippen molar-refractivity contribution in [1.82, 2.24) is 20.3 Å². The number of rotatable bonds is 6. The fourth-order valence-electron chi connectivity index (χ4n) is 3.64. The van der Waals surface area contributed by atoms with E-state index in [9.17, 15) is 9.59 Å². The Hall–Kier alpha value is -3.04. The van der Waals surface area contributed by atoms with Crippen molar-refractivity contribution in [3.8, 4) is 0 Å². The summed E-state index contributed by atoms with van der Waals surface area (Å²) in [5.74, 6) is 0.369. The molecule has 1 aromatic carbocycles. The molecule has 0 saturated carbocycles. The van der Waals surface area contributed by atoms with E-state index >= 15 is 0 Å². The topological polar surface area (TPSA) is 100 Å². The fraction of sp³-hybridized carbons (Fsp3) is 0.364. The molecular formula is C22H25N5O3S. The van der Waals surface area contributed by atoms with Crippen LogP contribution < -0.4 is 15.8 Å². The first-order valence-corrected chi connectivity index (χ1v) is 11.0. The van der Waals surface area contributed by atoms with Crippen LogP contribution in [0.3, 0.4) is 0 Å². The van der Waals surface area contributed by atoms with E-state index in [2.05, 4.69) is 20.3 Å². The minimum Gasteiger partial charge on any atom is -0.378 e. The molecule has 31 heavy (non-hydrogen) atoms. The summed E-state index contributed by atoms with van der Waals surface area (Å²) in [5.41, 5.74) is 2.08. The highest BCUT2D eigenvalue weighted by atomic mass is 32.1. The molecule has 4 rings (SSSR count). The lowest BCUT2D eigenvalue weighted by Crippen LogP contribution is -2.38. The van der Waals surface area contributed by atoms with Crippen LogP contribution in [0, 0.1) is 13.8 Å². The number of hydrogen-bond donors (Lipinski definition) is 2. The van der Waals surface area contributed by atoms with Crippen LogP contribution in [-0.4, -0.2) is 47.2 Å². The largest absolute Gasteiger partial charge is 0.378 e. The van der Waals surface area contributed by atoms with Crippen LogP contribution >= 0.6 is 11.3 Å². The van der Waals surface area contributed by atoms with Crippen LogP contribution in [0.25, 0.3) is 0 Å². The molecule has 1 aliphatic heterocycles. The average Bonchev–Trinajstić information content (AvgIpc) is 3.12. The molecule has 0 unspecified atom stereocenters. The van der Waals surface area contributed by atoms with E-state index in [1.165, 1.54) is 17.4 Å². The van der Waals surface area contributed by atoms with Gasteiger partial charge in [-0.05, 0) is 19.4 Å². The van der Waals surface area contributed by atoms with Crippen LogP contribution in [0.1, 0.15) is 37.7 Å². The van der Waals surface area contributed by atoms with Gasteiger partial charge in [-0.1, -0.05) is 30.3 Å². The molecule has 1 fully saturated rings. The van der Waals surface area contributed by atoms with Crippen molar-refractivity contribution < 1.29 is 9.53 Å². The molecular weight excluding hydrogens is 414 g/mol. The van der Waals surface area contributed by atoms with Gasteiger partial charge in [0.1, 0.15) is 4.88 Å².